The summed E-state index contributed by atoms with van der Waals surface area (Å²) in [7, 11) is 0. The summed E-state index contributed by atoms with van der Waals surface area (Å²) in [5, 5.41) is 11.8. The smallest absolute Gasteiger partial charge is 0.329 e. The Hall–Kier alpha value is -1.26. The molecule has 2 amide bonds. The highest BCUT2D eigenvalue weighted by atomic mass is 16.4. The molecule has 3 atom stereocenters. The number of hydrogen-bond donors (Lipinski definition) is 2. The van der Waals surface area contributed by atoms with Crippen molar-refractivity contribution in [2.45, 2.75) is 51.1 Å². The molecular formula is C12H20N2O3. The van der Waals surface area contributed by atoms with Gasteiger partial charge >= 0.3 is 12.0 Å². The van der Waals surface area contributed by atoms with Gasteiger partial charge in [-0.05, 0) is 38.5 Å². The number of amides is 2. The fraction of sp³-hybridized carbons (Fsp3) is 0.833. The van der Waals surface area contributed by atoms with Crippen LogP contribution < -0.4 is 5.32 Å². The largest absolute Gasteiger partial charge is 0.480 e. The van der Waals surface area contributed by atoms with E-state index in [1.54, 1.807) is 13.8 Å². The second kappa shape index (κ2) is 4.20. The van der Waals surface area contributed by atoms with E-state index in [4.69, 9.17) is 5.11 Å². The van der Waals surface area contributed by atoms with Gasteiger partial charge in [-0.15, -0.1) is 0 Å². The van der Waals surface area contributed by atoms with Crippen molar-refractivity contribution in [1.29, 1.82) is 0 Å². The number of urea groups is 1. The summed E-state index contributed by atoms with van der Waals surface area (Å²) < 4.78 is 0. The molecule has 3 unspecified atom stereocenters. The number of nitrogens with zero attached hydrogens (tertiary/aromatic N) is 1. The molecule has 2 rings (SSSR count). The van der Waals surface area contributed by atoms with Gasteiger partial charge in [-0.1, -0.05) is 6.92 Å². The minimum absolute atomic E-state index is 0.219. The molecule has 1 aliphatic heterocycles. The van der Waals surface area contributed by atoms with E-state index in [1.165, 1.54) is 6.42 Å². The SMILES string of the molecule is CCC(C)(NC(=O)N1CC2CCC1C2)C(=O)O. The van der Waals surface area contributed by atoms with Crippen molar-refractivity contribution in [2.24, 2.45) is 5.92 Å². The zero-order valence-corrected chi connectivity index (χ0v) is 10.4. The number of carboxylic acid groups (broad SMARTS) is 1. The molecule has 0 aromatic heterocycles. The molecule has 0 spiro atoms. The molecule has 1 saturated heterocycles. The normalized spacial score (nSPS) is 30.1. The van der Waals surface area contributed by atoms with Gasteiger partial charge in [-0.25, -0.2) is 9.59 Å². The van der Waals surface area contributed by atoms with Crippen LogP contribution in [0.15, 0.2) is 0 Å². The van der Waals surface area contributed by atoms with Crippen LogP contribution in [-0.2, 0) is 4.79 Å². The van der Waals surface area contributed by atoms with Crippen LogP contribution in [0.1, 0.15) is 39.5 Å². The number of hydrogen-bond acceptors (Lipinski definition) is 2. The lowest BCUT2D eigenvalue weighted by Crippen LogP contribution is -2.57. The van der Waals surface area contributed by atoms with Gasteiger partial charge in [0.05, 0.1) is 0 Å². The van der Waals surface area contributed by atoms with Crippen molar-refractivity contribution < 1.29 is 14.7 Å². The van der Waals surface area contributed by atoms with E-state index in [9.17, 15) is 9.59 Å². The molecule has 2 N–H and O–H groups in total. The molecule has 5 heteroatoms. The predicted molar refractivity (Wildman–Crippen MR) is 62.7 cm³/mol. The van der Waals surface area contributed by atoms with Crippen LogP contribution in [0.2, 0.25) is 0 Å². The first kappa shape index (κ1) is 12.2. The molecule has 2 aliphatic rings. The third-order valence-electron chi connectivity index (χ3n) is 4.23. The van der Waals surface area contributed by atoms with Crippen LogP contribution in [0.3, 0.4) is 0 Å². The standard InChI is InChI=1S/C12H20N2O3/c1-3-12(2,10(15)16)13-11(17)14-7-8-4-5-9(14)6-8/h8-9H,3-7H2,1-2H3,(H,13,17)(H,15,16). The first-order valence-corrected chi connectivity index (χ1v) is 6.28. The van der Waals surface area contributed by atoms with Crippen molar-refractivity contribution in [2.75, 3.05) is 6.54 Å². The van der Waals surface area contributed by atoms with Gasteiger partial charge in [0.25, 0.3) is 0 Å². The Morgan fingerprint density at radius 3 is 2.59 bits per heavy atom. The lowest BCUT2D eigenvalue weighted by atomic mass is 9.99. The van der Waals surface area contributed by atoms with Crippen LogP contribution in [0.4, 0.5) is 4.79 Å². The molecule has 2 fully saturated rings. The van der Waals surface area contributed by atoms with Crippen LogP contribution in [0.5, 0.6) is 0 Å². The number of likely N-dealkylation sites (tertiary alicyclic amines) is 1. The third-order valence-corrected chi connectivity index (χ3v) is 4.23. The molecular weight excluding hydrogens is 220 g/mol. The quantitative estimate of drug-likeness (QED) is 0.784. The highest BCUT2D eigenvalue weighted by molar-refractivity contribution is 5.86. The fourth-order valence-corrected chi connectivity index (χ4v) is 2.77. The Kier molecular flexibility index (Phi) is 3.02. The molecule has 1 saturated carbocycles. The summed E-state index contributed by atoms with van der Waals surface area (Å²) in [4.78, 5) is 25.0. The maximum absolute atomic E-state index is 12.1. The Morgan fingerprint density at radius 2 is 2.18 bits per heavy atom. The number of nitrogens with one attached hydrogen (secondary N) is 1. The first-order valence-electron chi connectivity index (χ1n) is 6.28. The van der Waals surface area contributed by atoms with Crippen LogP contribution in [0.25, 0.3) is 0 Å². The summed E-state index contributed by atoms with van der Waals surface area (Å²) in [6.45, 7) is 4.11. The number of fused-ring (bicyclic) bond motifs is 2. The van der Waals surface area contributed by atoms with Crippen LogP contribution in [-0.4, -0.2) is 40.1 Å². The lowest BCUT2D eigenvalue weighted by Gasteiger charge is -2.32. The van der Waals surface area contributed by atoms with Crippen molar-refractivity contribution >= 4 is 12.0 Å². The minimum atomic E-state index is -1.15. The molecule has 17 heavy (non-hydrogen) atoms. The van der Waals surface area contributed by atoms with E-state index in [0.717, 1.165) is 19.4 Å². The Labute approximate surface area is 101 Å². The molecule has 96 valence electrons. The minimum Gasteiger partial charge on any atom is -0.480 e. The summed E-state index contributed by atoms with van der Waals surface area (Å²) in [5.41, 5.74) is -1.15. The zero-order chi connectivity index (χ0) is 12.6. The van der Waals surface area contributed by atoms with Gasteiger partial charge in [0.1, 0.15) is 5.54 Å². The van der Waals surface area contributed by atoms with Gasteiger partial charge in [-0.2, -0.15) is 0 Å². The molecule has 0 radical (unpaired) electrons. The summed E-state index contributed by atoms with van der Waals surface area (Å²) >= 11 is 0. The number of carbonyl (C=O) groups excluding carboxylic acids is 1. The maximum Gasteiger partial charge on any atom is 0.329 e. The second-order valence-electron chi connectivity index (χ2n) is 5.41. The van der Waals surface area contributed by atoms with E-state index < -0.39 is 11.5 Å². The van der Waals surface area contributed by atoms with E-state index in [0.29, 0.717) is 18.4 Å². The maximum atomic E-state index is 12.1. The Bertz CT molecular complexity index is 345. The lowest BCUT2D eigenvalue weighted by molar-refractivity contribution is -0.143. The number of piperidine rings is 1. The molecule has 2 bridgehead atoms. The Morgan fingerprint density at radius 1 is 1.47 bits per heavy atom. The first-order chi connectivity index (χ1) is 7.96. The monoisotopic (exact) mass is 240 g/mol. The van der Waals surface area contributed by atoms with E-state index >= 15 is 0 Å². The summed E-state index contributed by atoms with van der Waals surface area (Å²) in [5.74, 6) is -0.346. The highest BCUT2D eigenvalue weighted by Crippen LogP contribution is 2.37. The van der Waals surface area contributed by atoms with Crippen LogP contribution in [0, 0.1) is 5.92 Å². The molecule has 1 aliphatic carbocycles. The van der Waals surface area contributed by atoms with Gasteiger partial charge in [0, 0.05) is 12.6 Å². The number of carbonyl (C=O) groups is 2. The van der Waals surface area contributed by atoms with Gasteiger partial charge in [0.2, 0.25) is 0 Å². The van der Waals surface area contributed by atoms with Gasteiger partial charge < -0.3 is 15.3 Å². The highest BCUT2D eigenvalue weighted by Gasteiger charge is 2.42. The van der Waals surface area contributed by atoms with Gasteiger partial charge in [0.15, 0.2) is 0 Å². The number of aliphatic carboxylic acids is 1. The van der Waals surface area contributed by atoms with Crippen molar-refractivity contribution in [1.82, 2.24) is 10.2 Å². The fourth-order valence-electron chi connectivity index (χ4n) is 2.77. The van der Waals surface area contributed by atoms with E-state index in [2.05, 4.69) is 5.32 Å². The van der Waals surface area contributed by atoms with Crippen LogP contribution >= 0.6 is 0 Å². The predicted octanol–water partition coefficient (Wildman–Crippen LogP) is 1.43. The average molecular weight is 240 g/mol. The summed E-state index contributed by atoms with van der Waals surface area (Å²) in [6.07, 6.45) is 3.74. The van der Waals surface area contributed by atoms with E-state index in [1.807, 2.05) is 4.90 Å². The number of rotatable bonds is 3. The Balaban J connectivity index is 1.99. The van der Waals surface area contributed by atoms with Gasteiger partial charge in [-0.3, -0.25) is 0 Å². The van der Waals surface area contributed by atoms with Crippen molar-refractivity contribution in [3.8, 4) is 0 Å². The van der Waals surface area contributed by atoms with Crippen molar-refractivity contribution in [3.05, 3.63) is 0 Å². The molecule has 1 heterocycles. The zero-order valence-electron chi connectivity index (χ0n) is 10.4. The summed E-state index contributed by atoms with van der Waals surface area (Å²) in [6, 6.07) is 0.110. The molecule has 5 nitrogen and oxygen atoms in total. The van der Waals surface area contributed by atoms with E-state index in [-0.39, 0.29) is 6.03 Å². The molecule has 0 aromatic carbocycles. The topological polar surface area (TPSA) is 69.6 Å². The third kappa shape index (κ3) is 2.10. The second-order valence-corrected chi connectivity index (χ2v) is 5.41. The number of carboxylic acids is 1. The van der Waals surface area contributed by atoms with Crippen molar-refractivity contribution in [3.63, 3.8) is 0 Å². The molecule has 0 aromatic rings. The average Bonchev–Trinajstić information content (AvgIpc) is 2.90.